The Balaban J connectivity index is 0.722. The van der Waals surface area contributed by atoms with E-state index in [1.165, 1.54) is 25.7 Å². The first kappa shape index (κ1) is 43.9. The molecule has 0 aliphatic carbocycles. The normalized spacial score (nSPS) is 37.6. The SMILES string of the molecule is CC1(C)O[C@H]2OC(COCC(O)CNCCCCCCCCCCNC(O)COCC3O[C@@H]4OC(C)(C)O[C@@H]4[C@H]4OC(C)(C)O[C@@H]34)[C@@H]3OC(C)(C)O[C@@H]3[C@H]2O1. The number of unbranched alkanes of at least 4 members (excludes halogenated alkanes) is 7. The number of hydrogen-bond acceptors (Lipinski definition) is 16. The van der Waals surface area contributed by atoms with Crippen LogP contribution in [0.3, 0.4) is 0 Å². The Morgan fingerprint density at radius 2 is 0.891 bits per heavy atom. The molecular weight excluding hydrogens is 720 g/mol. The van der Waals surface area contributed by atoms with Gasteiger partial charge in [-0.15, -0.1) is 0 Å². The van der Waals surface area contributed by atoms with Gasteiger partial charge in [-0.1, -0.05) is 38.5 Å². The lowest BCUT2D eigenvalue weighted by atomic mass is 9.99. The van der Waals surface area contributed by atoms with Crippen molar-refractivity contribution in [1.29, 1.82) is 0 Å². The lowest BCUT2D eigenvalue weighted by Crippen LogP contribution is -2.56. The van der Waals surface area contributed by atoms with E-state index in [1.807, 2.05) is 55.4 Å². The zero-order chi connectivity index (χ0) is 39.4. The summed E-state index contributed by atoms with van der Waals surface area (Å²) in [5, 5.41) is 27.3. The van der Waals surface area contributed by atoms with Crippen LogP contribution in [0.25, 0.3) is 0 Å². The second kappa shape index (κ2) is 18.7. The van der Waals surface area contributed by atoms with Gasteiger partial charge in [0.25, 0.3) is 0 Å². The number of fused-ring (bicyclic) bond motifs is 6. The number of nitrogens with one attached hydrogen (secondary N) is 2. The molecule has 16 nitrogen and oxygen atoms in total. The van der Waals surface area contributed by atoms with E-state index in [2.05, 4.69) is 10.6 Å². The van der Waals surface area contributed by atoms with E-state index in [0.717, 1.165) is 38.8 Å². The first-order chi connectivity index (χ1) is 26.0. The molecule has 16 heteroatoms. The van der Waals surface area contributed by atoms with Crippen LogP contribution in [0.5, 0.6) is 0 Å². The maximum atomic E-state index is 10.5. The maximum absolute atomic E-state index is 10.5. The predicted octanol–water partition coefficient (Wildman–Crippen LogP) is 2.79. The van der Waals surface area contributed by atoms with Crippen LogP contribution in [0.15, 0.2) is 0 Å². The molecule has 4 N–H and O–H groups in total. The van der Waals surface area contributed by atoms with Crippen LogP contribution >= 0.6 is 0 Å². The molecular formula is C39H70N2O14. The summed E-state index contributed by atoms with van der Waals surface area (Å²) in [7, 11) is 0. The van der Waals surface area contributed by atoms with Gasteiger partial charge in [-0.3, -0.25) is 5.32 Å². The molecule has 0 aromatic rings. The van der Waals surface area contributed by atoms with Crippen LogP contribution < -0.4 is 10.6 Å². The summed E-state index contributed by atoms with van der Waals surface area (Å²) in [5.41, 5.74) is 0. The summed E-state index contributed by atoms with van der Waals surface area (Å²) in [6, 6.07) is 0. The molecule has 6 aliphatic rings. The first-order valence-electron chi connectivity index (χ1n) is 20.7. The Morgan fingerprint density at radius 1 is 0.491 bits per heavy atom. The number of aliphatic hydroxyl groups excluding tert-OH is 2. The number of rotatable bonds is 22. The quantitative estimate of drug-likeness (QED) is 0.0930. The lowest BCUT2D eigenvalue weighted by Gasteiger charge is -2.37. The second-order valence-corrected chi connectivity index (χ2v) is 17.6. The molecule has 4 unspecified atom stereocenters. The highest BCUT2D eigenvalue weighted by Gasteiger charge is 2.62. The van der Waals surface area contributed by atoms with Crippen LogP contribution in [0.4, 0.5) is 0 Å². The van der Waals surface area contributed by atoms with Crippen molar-refractivity contribution < 1.29 is 67.1 Å². The van der Waals surface area contributed by atoms with Gasteiger partial charge in [-0.05, 0) is 81.3 Å². The Morgan fingerprint density at radius 3 is 1.40 bits per heavy atom. The zero-order valence-corrected chi connectivity index (χ0v) is 34.3. The van der Waals surface area contributed by atoms with Crippen LogP contribution in [0.1, 0.15) is 107 Å². The summed E-state index contributed by atoms with van der Waals surface area (Å²) < 4.78 is 72.6. The van der Waals surface area contributed by atoms with E-state index >= 15 is 0 Å². The van der Waals surface area contributed by atoms with Crippen molar-refractivity contribution in [2.75, 3.05) is 46.1 Å². The summed E-state index contributed by atoms with van der Waals surface area (Å²) in [6.45, 7) is 17.9. The summed E-state index contributed by atoms with van der Waals surface area (Å²) in [4.78, 5) is 0. The van der Waals surface area contributed by atoms with Crippen LogP contribution in [-0.2, 0) is 56.8 Å². The Kier molecular flexibility index (Phi) is 15.0. The number of ether oxygens (including phenoxy) is 12. The smallest absolute Gasteiger partial charge is 0.190 e. The molecule has 320 valence electrons. The highest BCUT2D eigenvalue weighted by Crippen LogP contribution is 2.45. The number of hydrogen-bond donors (Lipinski definition) is 4. The highest BCUT2D eigenvalue weighted by molar-refractivity contribution is 5.01. The summed E-state index contributed by atoms with van der Waals surface area (Å²) in [5.74, 6) is -3.04. The average molecular weight is 791 g/mol. The molecule has 55 heavy (non-hydrogen) atoms. The third kappa shape index (κ3) is 12.2. The maximum Gasteiger partial charge on any atom is 0.190 e. The van der Waals surface area contributed by atoms with Crippen molar-refractivity contribution in [1.82, 2.24) is 10.6 Å². The molecule has 6 aliphatic heterocycles. The van der Waals surface area contributed by atoms with E-state index in [1.54, 1.807) is 0 Å². The minimum Gasteiger partial charge on any atom is -0.389 e. The Hall–Kier alpha value is -0.640. The van der Waals surface area contributed by atoms with Crippen molar-refractivity contribution in [3.63, 3.8) is 0 Å². The highest BCUT2D eigenvalue weighted by atomic mass is 16.9. The summed E-state index contributed by atoms with van der Waals surface area (Å²) >= 11 is 0. The minimum atomic E-state index is -0.766. The molecule has 12 atom stereocenters. The third-order valence-corrected chi connectivity index (χ3v) is 10.7. The molecule has 0 spiro atoms. The van der Waals surface area contributed by atoms with Crippen molar-refractivity contribution in [3.8, 4) is 0 Å². The van der Waals surface area contributed by atoms with Gasteiger partial charge < -0.3 is 72.4 Å². The van der Waals surface area contributed by atoms with E-state index in [-0.39, 0.29) is 63.1 Å². The molecule has 6 heterocycles. The predicted molar refractivity (Wildman–Crippen MR) is 197 cm³/mol. The van der Waals surface area contributed by atoms with Gasteiger partial charge in [-0.25, -0.2) is 0 Å². The molecule has 0 saturated carbocycles. The molecule has 6 fully saturated rings. The topological polar surface area (TPSA) is 175 Å². The zero-order valence-electron chi connectivity index (χ0n) is 34.3. The van der Waals surface area contributed by atoms with Crippen molar-refractivity contribution in [2.45, 2.75) is 204 Å². The third-order valence-electron chi connectivity index (χ3n) is 10.7. The van der Waals surface area contributed by atoms with Gasteiger partial charge in [0.1, 0.15) is 55.1 Å². The first-order valence-corrected chi connectivity index (χ1v) is 20.7. The van der Waals surface area contributed by atoms with Crippen LogP contribution in [0, 0.1) is 0 Å². The van der Waals surface area contributed by atoms with Gasteiger partial charge in [0, 0.05) is 6.54 Å². The van der Waals surface area contributed by atoms with Crippen LogP contribution in [0.2, 0.25) is 0 Å². The standard InChI is InChI=1S/C39H70N2O14/c1-36(2)48-28-25(46-34-32(30(28)50-36)52-38(5,6)54-34)21-44-20-24(42)19-40-17-15-13-11-9-10-12-14-16-18-41-27(43)23-45-22-26-29-31(51-37(3,4)49-29)33-35(47-26)55-39(7,8)53-33/h24-35,40-43H,9-23H2,1-8H3/t24?,25?,26?,27?,28-,29-,30-,31-,32+,33+,34+,35+/m0/s1. The minimum absolute atomic E-state index is 0.146. The van der Waals surface area contributed by atoms with Crippen LogP contribution in [-0.4, -0.2) is 153 Å². The van der Waals surface area contributed by atoms with Gasteiger partial charge in [0.05, 0.1) is 32.5 Å². The molecule has 0 amide bonds. The van der Waals surface area contributed by atoms with E-state index < -0.39 is 60.3 Å². The average Bonchev–Trinajstić information content (AvgIpc) is 3.80. The molecule has 6 rings (SSSR count). The van der Waals surface area contributed by atoms with E-state index in [4.69, 9.17) is 56.8 Å². The molecule has 6 saturated heterocycles. The van der Waals surface area contributed by atoms with Gasteiger partial charge in [0.15, 0.2) is 35.7 Å². The molecule has 0 aromatic carbocycles. The monoisotopic (exact) mass is 790 g/mol. The largest absolute Gasteiger partial charge is 0.389 e. The van der Waals surface area contributed by atoms with Gasteiger partial charge in [-0.2, -0.15) is 0 Å². The Labute approximate surface area is 327 Å². The van der Waals surface area contributed by atoms with E-state index in [9.17, 15) is 10.2 Å². The fourth-order valence-electron chi connectivity index (χ4n) is 8.36. The van der Waals surface area contributed by atoms with E-state index in [0.29, 0.717) is 6.54 Å². The molecule has 0 aromatic heterocycles. The van der Waals surface area contributed by atoms with Crippen molar-refractivity contribution in [2.24, 2.45) is 0 Å². The fourth-order valence-corrected chi connectivity index (χ4v) is 8.36. The van der Waals surface area contributed by atoms with Gasteiger partial charge >= 0.3 is 0 Å². The van der Waals surface area contributed by atoms with Crippen molar-refractivity contribution in [3.05, 3.63) is 0 Å². The fraction of sp³-hybridized carbons (Fsp3) is 1.00. The second-order valence-electron chi connectivity index (χ2n) is 17.6. The molecule has 0 bridgehead atoms. The lowest BCUT2D eigenvalue weighted by molar-refractivity contribution is -0.244. The Bertz CT molecular complexity index is 1110. The van der Waals surface area contributed by atoms with Gasteiger partial charge in [0.2, 0.25) is 0 Å². The summed E-state index contributed by atoms with van der Waals surface area (Å²) in [6.07, 6.45) is 3.75. The molecule has 0 radical (unpaired) electrons. The number of aliphatic hydroxyl groups is 2. The van der Waals surface area contributed by atoms with Crippen molar-refractivity contribution >= 4 is 0 Å².